The molecule has 142 valence electrons. The van der Waals surface area contributed by atoms with Crippen molar-refractivity contribution in [1.82, 2.24) is 10.2 Å². The van der Waals surface area contributed by atoms with Crippen LogP contribution in [0, 0.1) is 5.92 Å². The van der Waals surface area contributed by atoms with Gasteiger partial charge in [0, 0.05) is 26.2 Å². The van der Waals surface area contributed by atoms with Gasteiger partial charge in [-0.2, -0.15) is 11.3 Å². The van der Waals surface area contributed by atoms with E-state index in [0.717, 1.165) is 36.6 Å². The number of benzene rings is 1. The number of amides is 1. The second-order valence-corrected chi connectivity index (χ2v) is 6.97. The molecule has 0 spiro atoms. The van der Waals surface area contributed by atoms with E-state index in [2.05, 4.69) is 22.1 Å². The molecule has 1 aliphatic heterocycles. The zero-order chi connectivity index (χ0) is 17.6. The van der Waals surface area contributed by atoms with Crippen LogP contribution in [-0.2, 0) is 17.8 Å². The van der Waals surface area contributed by atoms with Crippen molar-refractivity contribution < 1.29 is 14.3 Å². The van der Waals surface area contributed by atoms with Gasteiger partial charge >= 0.3 is 0 Å². The molecule has 1 fully saturated rings. The molecule has 1 aromatic heterocycles. The first-order chi connectivity index (χ1) is 12.2. The average molecular weight is 397 g/mol. The molecule has 1 saturated heterocycles. The van der Waals surface area contributed by atoms with Gasteiger partial charge in [0.05, 0.1) is 20.1 Å². The Kier molecular flexibility index (Phi) is 7.75. The highest BCUT2D eigenvalue weighted by Gasteiger charge is 2.29. The Bertz CT molecular complexity index is 705. The lowest BCUT2D eigenvalue weighted by molar-refractivity contribution is -0.137. The van der Waals surface area contributed by atoms with Crippen molar-refractivity contribution >= 4 is 29.7 Å². The van der Waals surface area contributed by atoms with Crippen molar-refractivity contribution in [2.45, 2.75) is 13.0 Å². The topological polar surface area (TPSA) is 50.8 Å². The van der Waals surface area contributed by atoms with Gasteiger partial charge in [-0.15, -0.1) is 12.4 Å². The summed E-state index contributed by atoms with van der Waals surface area (Å²) in [6.45, 7) is 2.94. The summed E-state index contributed by atoms with van der Waals surface area (Å²) >= 11 is 1.66. The fraction of sp³-hybridized carbons (Fsp3) is 0.421. The van der Waals surface area contributed by atoms with Crippen LogP contribution in [0.5, 0.6) is 11.5 Å². The van der Waals surface area contributed by atoms with E-state index in [9.17, 15) is 4.79 Å². The van der Waals surface area contributed by atoms with Gasteiger partial charge in [0.15, 0.2) is 11.5 Å². The highest BCUT2D eigenvalue weighted by atomic mass is 35.5. The Labute approximate surface area is 164 Å². The van der Waals surface area contributed by atoms with Crippen molar-refractivity contribution in [2.75, 3.05) is 33.9 Å². The SMILES string of the molecule is COc1ccc(CCN(Cc2ccsc2)C(=O)C2CNC2)cc1OC.Cl. The number of rotatable bonds is 8. The predicted molar refractivity (Wildman–Crippen MR) is 107 cm³/mol. The molecule has 7 heteroatoms. The summed E-state index contributed by atoms with van der Waals surface area (Å²) in [7, 11) is 3.27. The van der Waals surface area contributed by atoms with E-state index in [1.807, 2.05) is 23.1 Å². The molecular formula is C19H25ClN2O3S. The largest absolute Gasteiger partial charge is 0.493 e. The number of hydrogen-bond donors (Lipinski definition) is 1. The first-order valence-electron chi connectivity index (χ1n) is 8.42. The Morgan fingerprint density at radius 3 is 2.54 bits per heavy atom. The first-order valence-corrected chi connectivity index (χ1v) is 9.37. The Hall–Kier alpha value is -1.76. The van der Waals surface area contributed by atoms with Crippen molar-refractivity contribution in [3.8, 4) is 11.5 Å². The lowest BCUT2D eigenvalue weighted by Crippen LogP contribution is -2.52. The van der Waals surface area contributed by atoms with Gasteiger partial charge in [0.2, 0.25) is 5.91 Å². The number of nitrogens with one attached hydrogen (secondary N) is 1. The standard InChI is InChI=1S/C19H24N2O3S.ClH/c1-23-17-4-3-14(9-18(17)24-2)5-7-21(12-15-6-8-25-13-15)19(22)16-10-20-11-16;/h3-4,6,8-9,13,16,20H,5,7,10-12H2,1-2H3;1H. The van der Waals surface area contributed by atoms with Crippen LogP contribution >= 0.6 is 23.7 Å². The smallest absolute Gasteiger partial charge is 0.228 e. The van der Waals surface area contributed by atoms with Gasteiger partial charge in [-0.05, 0) is 46.5 Å². The molecule has 2 aromatic rings. The number of halogens is 1. The number of thiophene rings is 1. The minimum Gasteiger partial charge on any atom is -0.493 e. The predicted octanol–water partition coefficient (Wildman–Crippen LogP) is 2.98. The maximum Gasteiger partial charge on any atom is 0.228 e. The Balaban J connectivity index is 0.00000243. The third-order valence-corrected chi connectivity index (χ3v) is 5.25. The Morgan fingerprint density at radius 2 is 1.96 bits per heavy atom. The fourth-order valence-electron chi connectivity index (χ4n) is 2.89. The molecule has 26 heavy (non-hydrogen) atoms. The number of nitrogens with zero attached hydrogens (tertiary/aromatic N) is 1. The highest BCUT2D eigenvalue weighted by Crippen LogP contribution is 2.28. The normalized spacial score (nSPS) is 13.5. The monoisotopic (exact) mass is 396 g/mol. The van der Waals surface area contributed by atoms with E-state index in [-0.39, 0.29) is 24.2 Å². The van der Waals surface area contributed by atoms with Gasteiger partial charge in [-0.1, -0.05) is 6.07 Å². The molecule has 0 bridgehead atoms. The number of hydrogen-bond acceptors (Lipinski definition) is 5. The van der Waals surface area contributed by atoms with Crippen LogP contribution in [0.3, 0.4) is 0 Å². The van der Waals surface area contributed by atoms with Crippen LogP contribution < -0.4 is 14.8 Å². The van der Waals surface area contributed by atoms with E-state index in [0.29, 0.717) is 13.1 Å². The van der Waals surface area contributed by atoms with Crippen LogP contribution in [-0.4, -0.2) is 44.7 Å². The number of methoxy groups -OCH3 is 2. The zero-order valence-electron chi connectivity index (χ0n) is 15.1. The summed E-state index contributed by atoms with van der Waals surface area (Å²) in [4.78, 5) is 14.7. The number of carbonyl (C=O) groups is 1. The lowest BCUT2D eigenvalue weighted by atomic mass is 10.0. The quantitative estimate of drug-likeness (QED) is 0.745. The summed E-state index contributed by atoms with van der Waals surface area (Å²) in [6, 6.07) is 8.01. The van der Waals surface area contributed by atoms with Crippen molar-refractivity contribution in [1.29, 1.82) is 0 Å². The minimum atomic E-state index is 0. The van der Waals surface area contributed by atoms with Gasteiger partial charge in [0.25, 0.3) is 0 Å². The summed E-state index contributed by atoms with van der Waals surface area (Å²) in [5.74, 6) is 1.80. The lowest BCUT2D eigenvalue weighted by Gasteiger charge is -2.32. The third kappa shape index (κ3) is 4.90. The van der Waals surface area contributed by atoms with E-state index >= 15 is 0 Å². The Morgan fingerprint density at radius 1 is 1.19 bits per heavy atom. The molecule has 3 rings (SSSR count). The second-order valence-electron chi connectivity index (χ2n) is 6.19. The molecule has 0 saturated carbocycles. The maximum atomic E-state index is 12.7. The first kappa shape index (κ1) is 20.6. The van der Waals surface area contributed by atoms with Crippen LogP contribution in [0.4, 0.5) is 0 Å². The molecule has 1 amide bonds. The maximum absolute atomic E-state index is 12.7. The van der Waals surface area contributed by atoms with Gasteiger partial charge in [-0.25, -0.2) is 0 Å². The van der Waals surface area contributed by atoms with Gasteiger partial charge in [-0.3, -0.25) is 4.79 Å². The van der Waals surface area contributed by atoms with E-state index in [1.54, 1.807) is 25.6 Å². The average Bonchev–Trinajstić information content (AvgIpc) is 3.09. The van der Waals surface area contributed by atoms with Crippen molar-refractivity contribution in [3.63, 3.8) is 0 Å². The molecule has 1 aromatic carbocycles. The van der Waals surface area contributed by atoms with Crippen LogP contribution in [0.25, 0.3) is 0 Å². The summed E-state index contributed by atoms with van der Waals surface area (Å²) < 4.78 is 10.7. The molecule has 0 radical (unpaired) electrons. The molecule has 1 aliphatic rings. The third-order valence-electron chi connectivity index (χ3n) is 4.51. The molecule has 0 aliphatic carbocycles. The highest BCUT2D eigenvalue weighted by molar-refractivity contribution is 7.07. The van der Waals surface area contributed by atoms with Crippen LogP contribution in [0.1, 0.15) is 11.1 Å². The fourth-order valence-corrected chi connectivity index (χ4v) is 3.55. The minimum absolute atomic E-state index is 0. The molecule has 1 N–H and O–H groups in total. The van der Waals surface area contributed by atoms with Gasteiger partial charge in [0.1, 0.15) is 0 Å². The molecule has 2 heterocycles. The summed E-state index contributed by atoms with van der Waals surface area (Å²) in [5, 5.41) is 7.34. The van der Waals surface area contributed by atoms with Gasteiger partial charge < -0.3 is 19.7 Å². The summed E-state index contributed by atoms with van der Waals surface area (Å²) in [5.41, 5.74) is 2.32. The van der Waals surface area contributed by atoms with Crippen molar-refractivity contribution in [2.24, 2.45) is 5.92 Å². The second kappa shape index (κ2) is 9.80. The summed E-state index contributed by atoms with van der Waals surface area (Å²) in [6.07, 6.45) is 0.788. The van der Waals surface area contributed by atoms with E-state index < -0.39 is 0 Å². The zero-order valence-corrected chi connectivity index (χ0v) is 16.7. The molecule has 5 nitrogen and oxygen atoms in total. The molecular weight excluding hydrogens is 372 g/mol. The number of ether oxygens (including phenoxy) is 2. The van der Waals surface area contributed by atoms with Crippen molar-refractivity contribution in [3.05, 3.63) is 46.2 Å². The molecule has 0 unspecified atom stereocenters. The van der Waals surface area contributed by atoms with Crippen LogP contribution in [0.15, 0.2) is 35.0 Å². The molecule has 0 atom stereocenters. The van der Waals surface area contributed by atoms with Crippen LogP contribution in [0.2, 0.25) is 0 Å². The van der Waals surface area contributed by atoms with E-state index in [4.69, 9.17) is 9.47 Å². The number of carbonyl (C=O) groups excluding carboxylic acids is 1. The van der Waals surface area contributed by atoms with E-state index in [1.165, 1.54) is 5.56 Å².